The van der Waals surface area contributed by atoms with E-state index >= 15 is 0 Å². The molecular formula is C10H19N3O4. The molecule has 0 aromatic heterocycles. The second-order valence-electron chi connectivity index (χ2n) is 3.76. The fraction of sp³-hybridized carbons (Fsp3) is 0.700. The molecule has 0 bridgehead atoms. The average molecular weight is 245 g/mol. The van der Waals surface area contributed by atoms with Crippen LogP contribution in [0.4, 0.5) is 0 Å². The molecule has 17 heavy (non-hydrogen) atoms. The van der Waals surface area contributed by atoms with Gasteiger partial charge in [-0.15, -0.1) is 0 Å². The first-order chi connectivity index (χ1) is 7.86. The summed E-state index contributed by atoms with van der Waals surface area (Å²) in [4.78, 5) is 32.8. The predicted octanol–water partition coefficient (Wildman–Crippen LogP) is -1.48. The molecule has 7 heteroatoms. The Hall–Kier alpha value is -1.63. The second-order valence-corrected chi connectivity index (χ2v) is 3.76. The molecule has 0 aliphatic carbocycles. The molecular weight excluding hydrogens is 226 g/mol. The number of esters is 1. The summed E-state index contributed by atoms with van der Waals surface area (Å²) in [7, 11) is 1.24. The van der Waals surface area contributed by atoms with Crippen LogP contribution in [0.25, 0.3) is 0 Å². The molecule has 0 spiro atoms. The van der Waals surface area contributed by atoms with E-state index in [2.05, 4.69) is 15.4 Å². The summed E-state index contributed by atoms with van der Waals surface area (Å²) in [5, 5.41) is 5.37. The smallest absolute Gasteiger partial charge is 0.329 e. The van der Waals surface area contributed by atoms with Crippen LogP contribution < -0.4 is 16.4 Å². The van der Waals surface area contributed by atoms with Gasteiger partial charge in [-0.2, -0.15) is 0 Å². The first-order valence-electron chi connectivity index (χ1n) is 5.23. The van der Waals surface area contributed by atoms with Crippen LogP contribution in [0.5, 0.6) is 0 Å². The monoisotopic (exact) mass is 245 g/mol. The summed E-state index contributed by atoms with van der Waals surface area (Å²) in [5.74, 6) is -1.30. The summed E-state index contributed by atoms with van der Waals surface area (Å²) < 4.78 is 4.54. The Bertz CT molecular complexity index is 293. The highest BCUT2D eigenvalue weighted by atomic mass is 16.5. The van der Waals surface area contributed by atoms with Gasteiger partial charge in [0.25, 0.3) is 0 Å². The van der Waals surface area contributed by atoms with Gasteiger partial charge >= 0.3 is 5.97 Å². The molecule has 2 atom stereocenters. The molecule has 0 aromatic rings. The molecule has 98 valence electrons. The zero-order valence-electron chi connectivity index (χ0n) is 10.3. The lowest BCUT2D eigenvalue weighted by atomic mass is 10.2. The van der Waals surface area contributed by atoms with Gasteiger partial charge in [0.05, 0.1) is 7.11 Å². The van der Waals surface area contributed by atoms with Crippen molar-refractivity contribution in [2.45, 2.75) is 32.4 Å². The van der Waals surface area contributed by atoms with Gasteiger partial charge in [0.15, 0.2) is 0 Å². The highest BCUT2D eigenvalue weighted by molar-refractivity contribution is 5.83. The summed E-state index contributed by atoms with van der Waals surface area (Å²) in [6.07, 6.45) is 0.161. The van der Waals surface area contributed by atoms with Crippen LogP contribution in [0, 0.1) is 0 Å². The number of carbonyl (C=O) groups is 3. The van der Waals surface area contributed by atoms with Gasteiger partial charge < -0.3 is 21.1 Å². The molecule has 4 N–H and O–H groups in total. The average Bonchev–Trinajstić information content (AvgIpc) is 2.21. The van der Waals surface area contributed by atoms with E-state index in [9.17, 15) is 14.4 Å². The fourth-order valence-corrected chi connectivity index (χ4v) is 1.27. The minimum absolute atomic E-state index is 0.161. The SMILES string of the molecule is COC(=O)C(CNC(C)CC(N)=O)NC(C)=O. The summed E-state index contributed by atoms with van der Waals surface area (Å²) in [6, 6.07) is -0.943. The fourth-order valence-electron chi connectivity index (χ4n) is 1.27. The van der Waals surface area contributed by atoms with Crippen molar-refractivity contribution in [2.75, 3.05) is 13.7 Å². The van der Waals surface area contributed by atoms with Gasteiger partial charge in [-0.05, 0) is 6.92 Å². The molecule has 0 saturated carbocycles. The van der Waals surface area contributed by atoms with Crippen LogP contribution >= 0.6 is 0 Å². The van der Waals surface area contributed by atoms with E-state index in [1.54, 1.807) is 6.92 Å². The van der Waals surface area contributed by atoms with Gasteiger partial charge in [-0.1, -0.05) is 0 Å². The topological polar surface area (TPSA) is 111 Å². The van der Waals surface area contributed by atoms with Crippen LogP contribution in [0.1, 0.15) is 20.3 Å². The number of amides is 2. The number of primary amides is 1. The number of rotatable bonds is 7. The van der Waals surface area contributed by atoms with Gasteiger partial charge in [-0.25, -0.2) is 4.79 Å². The van der Waals surface area contributed by atoms with Crippen molar-refractivity contribution in [1.82, 2.24) is 10.6 Å². The first-order valence-corrected chi connectivity index (χ1v) is 5.23. The quantitative estimate of drug-likeness (QED) is 0.474. The molecule has 0 saturated heterocycles. The molecule has 0 rings (SSSR count). The predicted molar refractivity (Wildman–Crippen MR) is 60.9 cm³/mol. The third kappa shape index (κ3) is 7.29. The molecule has 0 aromatic carbocycles. The van der Waals surface area contributed by atoms with Gasteiger partial charge in [-0.3, -0.25) is 9.59 Å². The maximum absolute atomic E-state index is 11.3. The standard InChI is InChI=1S/C10H19N3O4/c1-6(4-9(11)15)12-5-8(10(16)17-3)13-7(2)14/h6,8,12H,4-5H2,1-3H3,(H2,11,15)(H,13,14). The van der Waals surface area contributed by atoms with Crippen molar-refractivity contribution in [3.63, 3.8) is 0 Å². The lowest BCUT2D eigenvalue weighted by Gasteiger charge is -2.18. The van der Waals surface area contributed by atoms with Gasteiger partial charge in [0, 0.05) is 25.9 Å². The van der Waals surface area contributed by atoms with Crippen LogP contribution in [0.3, 0.4) is 0 Å². The number of hydrogen-bond acceptors (Lipinski definition) is 5. The molecule has 0 aliphatic heterocycles. The Kier molecular flexibility index (Phi) is 6.88. The number of methoxy groups -OCH3 is 1. The normalized spacial score (nSPS) is 13.6. The number of ether oxygens (including phenoxy) is 1. The van der Waals surface area contributed by atoms with E-state index in [0.717, 1.165) is 0 Å². The molecule has 0 aliphatic rings. The Morgan fingerprint density at radius 2 is 1.94 bits per heavy atom. The second kappa shape index (κ2) is 7.61. The third-order valence-corrected chi connectivity index (χ3v) is 2.04. The first kappa shape index (κ1) is 15.4. The minimum Gasteiger partial charge on any atom is -0.467 e. The van der Waals surface area contributed by atoms with Crippen LogP contribution in [0.15, 0.2) is 0 Å². The number of nitrogens with one attached hydrogen (secondary N) is 2. The maximum Gasteiger partial charge on any atom is 0.329 e. The molecule has 0 radical (unpaired) electrons. The van der Waals surface area contributed by atoms with E-state index in [0.29, 0.717) is 0 Å². The molecule has 2 unspecified atom stereocenters. The van der Waals surface area contributed by atoms with Crippen molar-refractivity contribution < 1.29 is 19.1 Å². The minimum atomic E-state index is -0.771. The third-order valence-electron chi connectivity index (χ3n) is 2.04. The van der Waals surface area contributed by atoms with E-state index < -0.39 is 17.9 Å². The number of hydrogen-bond donors (Lipinski definition) is 3. The van der Waals surface area contributed by atoms with Crippen molar-refractivity contribution in [2.24, 2.45) is 5.73 Å². The summed E-state index contributed by atoms with van der Waals surface area (Å²) in [6.45, 7) is 3.25. The lowest BCUT2D eigenvalue weighted by molar-refractivity contribution is -0.144. The highest BCUT2D eigenvalue weighted by Crippen LogP contribution is 1.92. The van der Waals surface area contributed by atoms with E-state index in [1.807, 2.05) is 0 Å². The molecule has 0 heterocycles. The lowest BCUT2D eigenvalue weighted by Crippen LogP contribution is -2.49. The van der Waals surface area contributed by atoms with Crippen LogP contribution in [-0.2, 0) is 19.1 Å². The summed E-state index contributed by atoms with van der Waals surface area (Å²) in [5.41, 5.74) is 5.03. The summed E-state index contributed by atoms with van der Waals surface area (Å²) >= 11 is 0. The Morgan fingerprint density at radius 3 is 2.35 bits per heavy atom. The Morgan fingerprint density at radius 1 is 1.35 bits per heavy atom. The van der Waals surface area contributed by atoms with Gasteiger partial charge in [0.1, 0.15) is 6.04 Å². The van der Waals surface area contributed by atoms with Gasteiger partial charge in [0.2, 0.25) is 11.8 Å². The Balaban J connectivity index is 4.20. The largest absolute Gasteiger partial charge is 0.467 e. The number of nitrogens with two attached hydrogens (primary N) is 1. The van der Waals surface area contributed by atoms with E-state index in [1.165, 1.54) is 14.0 Å². The molecule has 0 fully saturated rings. The zero-order valence-corrected chi connectivity index (χ0v) is 10.3. The van der Waals surface area contributed by atoms with Crippen LogP contribution in [-0.4, -0.2) is 43.5 Å². The van der Waals surface area contributed by atoms with Crippen LogP contribution in [0.2, 0.25) is 0 Å². The van der Waals surface area contributed by atoms with Crippen molar-refractivity contribution in [3.8, 4) is 0 Å². The maximum atomic E-state index is 11.3. The van der Waals surface area contributed by atoms with Crippen molar-refractivity contribution in [3.05, 3.63) is 0 Å². The number of carbonyl (C=O) groups excluding carboxylic acids is 3. The van der Waals surface area contributed by atoms with E-state index in [4.69, 9.17) is 5.73 Å². The highest BCUT2D eigenvalue weighted by Gasteiger charge is 2.20. The van der Waals surface area contributed by atoms with Crippen molar-refractivity contribution >= 4 is 17.8 Å². The molecule has 7 nitrogen and oxygen atoms in total. The van der Waals surface area contributed by atoms with Crippen molar-refractivity contribution in [1.29, 1.82) is 0 Å². The van der Waals surface area contributed by atoms with E-state index in [-0.39, 0.29) is 24.9 Å². The Labute approximate surface area is 100 Å². The zero-order chi connectivity index (χ0) is 13.4. The molecule has 2 amide bonds.